The van der Waals surface area contributed by atoms with E-state index in [4.69, 9.17) is 0 Å². The Kier molecular flexibility index (Phi) is 4.84. The molecule has 1 saturated heterocycles. The van der Waals surface area contributed by atoms with Crippen LogP contribution in [0.4, 0.5) is 13.2 Å². The summed E-state index contributed by atoms with van der Waals surface area (Å²) in [7, 11) is 1.79. The second-order valence-corrected chi connectivity index (χ2v) is 5.55. The van der Waals surface area contributed by atoms with Gasteiger partial charge in [-0.1, -0.05) is 13.8 Å². The van der Waals surface area contributed by atoms with Crippen LogP contribution in [-0.4, -0.2) is 44.3 Å². The summed E-state index contributed by atoms with van der Waals surface area (Å²) in [5, 5.41) is 3.32. The smallest absolute Gasteiger partial charge is 0.316 e. The molecule has 0 amide bonds. The van der Waals surface area contributed by atoms with Gasteiger partial charge in [-0.25, -0.2) is 0 Å². The number of nitrogens with one attached hydrogen (secondary N) is 1. The second-order valence-electron chi connectivity index (χ2n) is 5.55. The number of hydrogen-bond donors (Lipinski definition) is 1. The van der Waals surface area contributed by atoms with Gasteiger partial charge in [-0.2, -0.15) is 13.2 Å². The standard InChI is InChI=1S/C12H23F3N2/c1-10(2)11(4-6-16-8-11)9-17(3)7-5-12(13,14)15/h10,16H,4-9H2,1-3H3. The van der Waals surface area contributed by atoms with Gasteiger partial charge in [0.25, 0.3) is 0 Å². The Morgan fingerprint density at radius 3 is 2.41 bits per heavy atom. The fourth-order valence-corrected chi connectivity index (χ4v) is 2.51. The molecule has 5 heteroatoms. The van der Waals surface area contributed by atoms with Crippen LogP contribution in [0.5, 0.6) is 0 Å². The first kappa shape index (κ1) is 14.8. The van der Waals surface area contributed by atoms with E-state index >= 15 is 0 Å². The molecule has 1 N–H and O–H groups in total. The molecule has 0 aromatic rings. The first-order chi connectivity index (χ1) is 7.75. The Labute approximate surface area is 102 Å². The first-order valence-corrected chi connectivity index (χ1v) is 6.21. The second kappa shape index (κ2) is 5.57. The molecule has 1 atom stereocenters. The zero-order valence-electron chi connectivity index (χ0n) is 10.9. The molecule has 1 heterocycles. The van der Waals surface area contributed by atoms with Crippen molar-refractivity contribution in [3.8, 4) is 0 Å². The van der Waals surface area contributed by atoms with Gasteiger partial charge in [0.1, 0.15) is 0 Å². The first-order valence-electron chi connectivity index (χ1n) is 6.21. The molecule has 0 saturated carbocycles. The van der Waals surface area contributed by atoms with Crippen LogP contribution in [0, 0.1) is 11.3 Å². The third-order valence-corrected chi connectivity index (χ3v) is 3.86. The molecular formula is C12H23F3N2. The van der Waals surface area contributed by atoms with Crippen LogP contribution in [0.3, 0.4) is 0 Å². The molecular weight excluding hydrogens is 229 g/mol. The van der Waals surface area contributed by atoms with E-state index in [2.05, 4.69) is 19.2 Å². The van der Waals surface area contributed by atoms with Gasteiger partial charge in [-0.15, -0.1) is 0 Å². The zero-order chi connectivity index (χ0) is 13.1. The van der Waals surface area contributed by atoms with E-state index in [9.17, 15) is 13.2 Å². The summed E-state index contributed by atoms with van der Waals surface area (Å²) in [6.45, 7) is 7.05. The Morgan fingerprint density at radius 2 is 2.00 bits per heavy atom. The molecule has 0 aromatic heterocycles. The maximum atomic E-state index is 12.1. The summed E-state index contributed by atoms with van der Waals surface area (Å²) >= 11 is 0. The molecule has 0 bridgehead atoms. The molecule has 1 aliphatic rings. The van der Waals surface area contributed by atoms with Gasteiger partial charge >= 0.3 is 6.18 Å². The predicted molar refractivity (Wildman–Crippen MR) is 62.9 cm³/mol. The highest BCUT2D eigenvalue weighted by molar-refractivity contribution is 4.92. The monoisotopic (exact) mass is 252 g/mol. The SMILES string of the molecule is CC(C)C1(CN(C)CCC(F)(F)F)CCNC1. The van der Waals surface area contributed by atoms with Gasteiger partial charge < -0.3 is 10.2 Å². The molecule has 17 heavy (non-hydrogen) atoms. The highest BCUT2D eigenvalue weighted by Crippen LogP contribution is 2.35. The van der Waals surface area contributed by atoms with E-state index in [1.54, 1.807) is 7.05 Å². The molecule has 0 aromatic carbocycles. The van der Waals surface area contributed by atoms with Gasteiger partial charge in [0, 0.05) is 19.6 Å². The van der Waals surface area contributed by atoms with E-state index in [1.807, 2.05) is 4.90 Å². The third-order valence-electron chi connectivity index (χ3n) is 3.86. The average Bonchev–Trinajstić information content (AvgIpc) is 2.63. The third kappa shape index (κ3) is 4.47. The van der Waals surface area contributed by atoms with E-state index in [-0.39, 0.29) is 12.0 Å². The maximum absolute atomic E-state index is 12.1. The van der Waals surface area contributed by atoms with Crippen LogP contribution in [0.15, 0.2) is 0 Å². The molecule has 1 rings (SSSR count). The Hall–Kier alpha value is -0.290. The summed E-state index contributed by atoms with van der Waals surface area (Å²) in [5.74, 6) is 0.492. The van der Waals surface area contributed by atoms with Crippen molar-refractivity contribution < 1.29 is 13.2 Å². The highest BCUT2D eigenvalue weighted by atomic mass is 19.4. The lowest BCUT2D eigenvalue weighted by Crippen LogP contribution is -2.42. The van der Waals surface area contributed by atoms with Crippen LogP contribution >= 0.6 is 0 Å². The minimum Gasteiger partial charge on any atom is -0.316 e. The summed E-state index contributed by atoms with van der Waals surface area (Å²) in [4.78, 5) is 1.82. The van der Waals surface area contributed by atoms with Crippen molar-refractivity contribution in [3.63, 3.8) is 0 Å². The Balaban J connectivity index is 2.45. The number of alkyl halides is 3. The van der Waals surface area contributed by atoms with Crippen LogP contribution in [0.25, 0.3) is 0 Å². The van der Waals surface area contributed by atoms with Crippen LogP contribution < -0.4 is 5.32 Å². The lowest BCUT2D eigenvalue weighted by Gasteiger charge is -2.36. The minimum absolute atomic E-state index is 0.0952. The van der Waals surface area contributed by atoms with Crippen molar-refractivity contribution in [3.05, 3.63) is 0 Å². The van der Waals surface area contributed by atoms with E-state index < -0.39 is 12.6 Å². The number of rotatable bonds is 5. The molecule has 0 radical (unpaired) electrons. The topological polar surface area (TPSA) is 15.3 Å². The molecule has 0 aliphatic carbocycles. The lowest BCUT2D eigenvalue weighted by molar-refractivity contribution is -0.138. The fraction of sp³-hybridized carbons (Fsp3) is 1.00. The summed E-state index contributed by atoms with van der Waals surface area (Å²) in [6.07, 6.45) is -3.71. The maximum Gasteiger partial charge on any atom is 0.390 e. The average molecular weight is 252 g/mol. The zero-order valence-corrected chi connectivity index (χ0v) is 10.9. The minimum atomic E-state index is -4.05. The van der Waals surface area contributed by atoms with Crippen molar-refractivity contribution in [1.29, 1.82) is 0 Å². The van der Waals surface area contributed by atoms with Gasteiger partial charge in [0.2, 0.25) is 0 Å². The lowest BCUT2D eigenvalue weighted by atomic mass is 9.76. The van der Waals surface area contributed by atoms with E-state index in [1.165, 1.54) is 0 Å². The van der Waals surface area contributed by atoms with Crippen LogP contribution in [-0.2, 0) is 0 Å². The van der Waals surface area contributed by atoms with Gasteiger partial charge in [0.05, 0.1) is 6.42 Å². The number of nitrogens with zero attached hydrogens (tertiary/aromatic N) is 1. The highest BCUT2D eigenvalue weighted by Gasteiger charge is 2.38. The predicted octanol–water partition coefficient (Wildman–Crippen LogP) is 2.51. The van der Waals surface area contributed by atoms with Gasteiger partial charge in [-0.05, 0) is 31.3 Å². The van der Waals surface area contributed by atoms with Crippen molar-refractivity contribution >= 4 is 0 Å². The Bertz CT molecular complexity index is 232. The number of halogens is 3. The molecule has 0 spiro atoms. The van der Waals surface area contributed by atoms with E-state index in [0.717, 1.165) is 26.1 Å². The fourth-order valence-electron chi connectivity index (χ4n) is 2.51. The van der Waals surface area contributed by atoms with Crippen LogP contribution in [0.2, 0.25) is 0 Å². The van der Waals surface area contributed by atoms with Crippen molar-refractivity contribution in [1.82, 2.24) is 10.2 Å². The molecule has 2 nitrogen and oxygen atoms in total. The summed E-state index contributed by atoms with van der Waals surface area (Å²) in [5.41, 5.74) is 0.139. The van der Waals surface area contributed by atoms with Gasteiger partial charge in [-0.3, -0.25) is 0 Å². The molecule has 102 valence electrons. The number of hydrogen-bond acceptors (Lipinski definition) is 2. The van der Waals surface area contributed by atoms with E-state index in [0.29, 0.717) is 5.92 Å². The Morgan fingerprint density at radius 1 is 1.35 bits per heavy atom. The molecule has 1 fully saturated rings. The molecule has 1 aliphatic heterocycles. The van der Waals surface area contributed by atoms with Crippen molar-refractivity contribution in [2.24, 2.45) is 11.3 Å². The van der Waals surface area contributed by atoms with Crippen molar-refractivity contribution in [2.75, 3.05) is 33.2 Å². The van der Waals surface area contributed by atoms with Crippen LogP contribution in [0.1, 0.15) is 26.7 Å². The quantitative estimate of drug-likeness (QED) is 0.808. The summed E-state index contributed by atoms with van der Waals surface area (Å²) in [6, 6.07) is 0. The summed E-state index contributed by atoms with van der Waals surface area (Å²) < 4.78 is 36.4. The van der Waals surface area contributed by atoms with Crippen molar-refractivity contribution in [2.45, 2.75) is 32.9 Å². The largest absolute Gasteiger partial charge is 0.390 e. The normalized spacial score (nSPS) is 26.1. The van der Waals surface area contributed by atoms with Gasteiger partial charge in [0.15, 0.2) is 0 Å². The molecule has 1 unspecified atom stereocenters.